The summed E-state index contributed by atoms with van der Waals surface area (Å²) in [5.74, 6) is -5.69. The van der Waals surface area contributed by atoms with E-state index in [1.165, 1.54) is 32.0 Å². The average Bonchev–Trinajstić information content (AvgIpc) is 3.00. The van der Waals surface area contributed by atoms with Crippen LogP contribution in [-0.2, 0) is 24.7 Å². The molecule has 144 valence electrons. The van der Waals surface area contributed by atoms with E-state index in [0.717, 1.165) is 6.92 Å². The Morgan fingerprint density at radius 3 is 2.52 bits per heavy atom. The molecular weight excluding hydrogens is 362 g/mol. The molecule has 11 nitrogen and oxygen atoms in total. The number of rotatable bonds is 8. The van der Waals surface area contributed by atoms with Crippen LogP contribution in [-0.4, -0.2) is 44.2 Å². The van der Waals surface area contributed by atoms with E-state index in [4.69, 9.17) is 4.74 Å². The van der Waals surface area contributed by atoms with Gasteiger partial charge in [-0.05, 0) is 43.2 Å². The van der Waals surface area contributed by atoms with E-state index in [0.29, 0.717) is 0 Å². The summed E-state index contributed by atoms with van der Waals surface area (Å²) >= 11 is 0. The highest BCUT2D eigenvalue weighted by Gasteiger charge is 2.61. The molecule has 0 aliphatic carbocycles. The Labute approximate surface area is 152 Å². The van der Waals surface area contributed by atoms with Crippen molar-refractivity contribution < 1.29 is 33.8 Å². The van der Waals surface area contributed by atoms with Crippen molar-refractivity contribution in [3.8, 4) is 0 Å². The van der Waals surface area contributed by atoms with Gasteiger partial charge in [0.2, 0.25) is 0 Å². The van der Waals surface area contributed by atoms with Crippen molar-refractivity contribution in [2.75, 3.05) is 0 Å². The molecule has 0 radical (unpaired) electrons. The number of carboxylic acid groups (broad SMARTS) is 1. The van der Waals surface area contributed by atoms with Crippen molar-refractivity contribution >= 4 is 28.8 Å². The third-order valence-corrected chi connectivity index (χ3v) is 3.97. The molecule has 0 saturated carbocycles. The first-order chi connectivity index (χ1) is 12.6. The summed E-state index contributed by atoms with van der Waals surface area (Å²) in [6.45, 7) is 3.97. The third-order valence-electron chi connectivity index (χ3n) is 3.97. The molecule has 1 aromatic heterocycles. The number of nitro groups is 1. The minimum atomic E-state index is -2.65. The summed E-state index contributed by atoms with van der Waals surface area (Å²) in [6.07, 6.45) is -1.82. The minimum Gasteiger partial charge on any atom is -0.481 e. The number of ether oxygens (including phenoxy) is 1. The maximum atomic E-state index is 12.6. The number of carboxylic acids is 1. The molecule has 0 amide bonds. The summed E-state index contributed by atoms with van der Waals surface area (Å²) in [5, 5.41) is 28.7. The van der Waals surface area contributed by atoms with Gasteiger partial charge < -0.3 is 9.84 Å². The largest absolute Gasteiger partial charge is 0.481 e. The molecule has 0 saturated heterocycles. The number of carbonyl (C=O) groups is 3. The molecule has 2 atom stereocenters. The van der Waals surface area contributed by atoms with Crippen LogP contribution in [0, 0.1) is 16.0 Å². The van der Waals surface area contributed by atoms with Crippen LogP contribution in [0.3, 0.4) is 0 Å². The molecule has 0 aliphatic rings. The van der Waals surface area contributed by atoms with Crippen molar-refractivity contribution in [1.82, 2.24) is 10.3 Å². The number of nitrogens with zero attached hydrogens (tertiary/aromatic N) is 3. The molecule has 0 fully saturated rings. The molecule has 2 rings (SSSR count). The monoisotopic (exact) mass is 379 g/mol. The Morgan fingerprint density at radius 2 is 2.00 bits per heavy atom. The number of aromatic nitrogens is 2. The van der Waals surface area contributed by atoms with Gasteiger partial charge in [-0.3, -0.25) is 24.5 Å². The van der Waals surface area contributed by atoms with E-state index < -0.39 is 46.6 Å². The lowest BCUT2D eigenvalue weighted by atomic mass is 9.73. The highest BCUT2D eigenvalue weighted by molar-refractivity contribution is 6.00. The zero-order valence-electron chi connectivity index (χ0n) is 14.7. The standard InChI is InChI=1S/C16H17N3O8/c1-8(2)26-15(23)13(9(3)20)16(19(24)25,7-12(21)22)10-5-4-6-11-14(10)18-27-17-11/h4-6,8,13H,7H2,1-3H3,(H,21,22). The van der Waals surface area contributed by atoms with E-state index in [1.54, 1.807) is 0 Å². The Kier molecular flexibility index (Phi) is 5.52. The van der Waals surface area contributed by atoms with Crippen LogP contribution in [0.25, 0.3) is 11.0 Å². The van der Waals surface area contributed by atoms with Crippen molar-refractivity contribution in [2.24, 2.45) is 5.92 Å². The second-order valence-electron chi connectivity index (χ2n) is 6.22. The molecular formula is C16H17N3O8. The molecule has 0 bridgehead atoms. The van der Waals surface area contributed by atoms with Crippen molar-refractivity contribution in [3.05, 3.63) is 33.9 Å². The van der Waals surface area contributed by atoms with Gasteiger partial charge in [0.15, 0.2) is 11.7 Å². The molecule has 0 spiro atoms. The minimum absolute atomic E-state index is 0.112. The maximum absolute atomic E-state index is 12.6. The number of hydrogen-bond acceptors (Lipinski definition) is 9. The summed E-state index contributed by atoms with van der Waals surface area (Å²) in [4.78, 5) is 47.6. The zero-order chi connectivity index (χ0) is 20.4. The van der Waals surface area contributed by atoms with Gasteiger partial charge in [-0.15, -0.1) is 0 Å². The Morgan fingerprint density at radius 1 is 1.33 bits per heavy atom. The second-order valence-corrected chi connectivity index (χ2v) is 6.22. The molecule has 11 heteroatoms. The Bertz CT molecular complexity index is 906. The van der Waals surface area contributed by atoms with Crippen LogP contribution in [0.4, 0.5) is 0 Å². The fourth-order valence-electron chi connectivity index (χ4n) is 3.00. The van der Waals surface area contributed by atoms with E-state index in [-0.39, 0.29) is 16.6 Å². The van der Waals surface area contributed by atoms with Gasteiger partial charge in [0, 0.05) is 4.92 Å². The van der Waals surface area contributed by atoms with E-state index in [1.807, 2.05) is 0 Å². The average molecular weight is 379 g/mol. The number of carbonyl (C=O) groups excluding carboxylic acids is 2. The SMILES string of the molecule is CC(=O)C(C(=O)OC(C)C)C(CC(=O)O)(c1cccc2nonc12)[N+](=O)[O-]. The van der Waals surface area contributed by atoms with Crippen molar-refractivity contribution in [2.45, 2.75) is 38.8 Å². The lowest BCUT2D eigenvalue weighted by Crippen LogP contribution is -2.51. The Balaban J connectivity index is 2.85. The first-order valence-electron chi connectivity index (χ1n) is 7.90. The molecule has 27 heavy (non-hydrogen) atoms. The normalized spacial score (nSPS) is 14.5. The van der Waals surface area contributed by atoms with Gasteiger partial charge in [0.25, 0.3) is 5.54 Å². The number of benzene rings is 1. The van der Waals surface area contributed by atoms with Crippen molar-refractivity contribution in [1.29, 1.82) is 0 Å². The highest BCUT2D eigenvalue weighted by atomic mass is 16.6. The fraction of sp³-hybridized carbons (Fsp3) is 0.438. The van der Waals surface area contributed by atoms with E-state index in [2.05, 4.69) is 14.9 Å². The second kappa shape index (κ2) is 7.48. The predicted molar refractivity (Wildman–Crippen MR) is 88.1 cm³/mol. The van der Waals surface area contributed by atoms with Gasteiger partial charge in [-0.25, -0.2) is 4.63 Å². The predicted octanol–water partition coefficient (Wildman–Crippen LogP) is 1.33. The molecule has 0 aliphatic heterocycles. The summed E-state index contributed by atoms with van der Waals surface area (Å²) in [6, 6.07) is 4.03. The van der Waals surface area contributed by atoms with E-state index in [9.17, 15) is 29.6 Å². The Hall–Kier alpha value is -3.37. The smallest absolute Gasteiger partial charge is 0.324 e. The van der Waals surface area contributed by atoms with Gasteiger partial charge in [-0.2, -0.15) is 0 Å². The van der Waals surface area contributed by atoms with Crippen LogP contribution in [0.1, 0.15) is 32.8 Å². The van der Waals surface area contributed by atoms with Gasteiger partial charge in [0.05, 0.1) is 11.7 Å². The number of hydrogen-bond donors (Lipinski definition) is 1. The van der Waals surface area contributed by atoms with Crippen LogP contribution in [0.5, 0.6) is 0 Å². The summed E-state index contributed by atoms with van der Waals surface area (Å²) in [7, 11) is 0. The number of esters is 1. The van der Waals surface area contributed by atoms with Crippen LogP contribution in [0.2, 0.25) is 0 Å². The number of ketones is 1. The molecule has 1 N–H and O–H groups in total. The van der Waals surface area contributed by atoms with Gasteiger partial charge >= 0.3 is 11.9 Å². The fourth-order valence-corrected chi connectivity index (χ4v) is 3.00. The van der Waals surface area contributed by atoms with Gasteiger partial charge in [-0.1, -0.05) is 6.07 Å². The number of fused-ring (bicyclic) bond motifs is 1. The van der Waals surface area contributed by atoms with Crippen LogP contribution in [0.15, 0.2) is 22.8 Å². The zero-order valence-corrected chi connectivity index (χ0v) is 14.7. The van der Waals surface area contributed by atoms with Crippen LogP contribution < -0.4 is 0 Å². The molecule has 1 heterocycles. The summed E-state index contributed by atoms with van der Waals surface area (Å²) < 4.78 is 9.59. The summed E-state index contributed by atoms with van der Waals surface area (Å²) in [5.41, 5.74) is -2.92. The first-order valence-corrected chi connectivity index (χ1v) is 7.90. The quantitative estimate of drug-likeness (QED) is 0.306. The number of aliphatic carboxylic acids is 1. The topological polar surface area (TPSA) is 163 Å². The van der Waals surface area contributed by atoms with Crippen molar-refractivity contribution in [3.63, 3.8) is 0 Å². The lowest BCUT2D eigenvalue weighted by Gasteiger charge is -2.30. The van der Waals surface area contributed by atoms with Crippen LogP contribution >= 0.6 is 0 Å². The molecule has 2 unspecified atom stereocenters. The number of Topliss-reactive ketones (excluding diaryl/α,β-unsaturated/α-hetero) is 1. The van der Waals surface area contributed by atoms with Gasteiger partial charge in [0.1, 0.15) is 17.5 Å². The maximum Gasteiger partial charge on any atom is 0.324 e. The molecule has 2 aromatic rings. The third kappa shape index (κ3) is 3.61. The lowest BCUT2D eigenvalue weighted by molar-refractivity contribution is -0.584. The van der Waals surface area contributed by atoms with E-state index >= 15 is 0 Å². The highest BCUT2D eigenvalue weighted by Crippen LogP contribution is 2.41. The first kappa shape index (κ1) is 19.9. The molecule has 1 aromatic carbocycles.